The van der Waals surface area contributed by atoms with Crippen molar-refractivity contribution in [2.24, 2.45) is 11.8 Å². The Bertz CT molecular complexity index is 379. The number of pyridine rings is 1. The maximum absolute atomic E-state index is 5.38. The number of aromatic nitrogens is 1. The van der Waals surface area contributed by atoms with Gasteiger partial charge in [-0.1, -0.05) is 6.92 Å². The minimum atomic E-state index is 0.609. The van der Waals surface area contributed by atoms with Crippen molar-refractivity contribution >= 4 is 11.5 Å². The number of anilines is 2. The highest BCUT2D eigenvalue weighted by molar-refractivity contribution is 5.54. The van der Waals surface area contributed by atoms with Crippen LogP contribution in [-0.2, 0) is 0 Å². The molecule has 0 saturated carbocycles. The van der Waals surface area contributed by atoms with Crippen LogP contribution in [0.3, 0.4) is 0 Å². The van der Waals surface area contributed by atoms with E-state index in [1.54, 1.807) is 6.20 Å². The van der Waals surface area contributed by atoms with Gasteiger partial charge >= 0.3 is 0 Å². The lowest BCUT2D eigenvalue weighted by atomic mass is 10.1. The SMILES string of the molecule is CC1CN(c2ccnc(NN)c2)CC1N(C)C. The number of hydrogen-bond donors (Lipinski definition) is 2. The van der Waals surface area contributed by atoms with Crippen molar-refractivity contribution < 1.29 is 0 Å². The summed E-state index contributed by atoms with van der Waals surface area (Å²) >= 11 is 0. The van der Waals surface area contributed by atoms with Gasteiger partial charge in [0.1, 0.15) is 5.82 Å². The molecule has 2 atom stereocenters. The molecule has 0 amide bonds. The molecular formula is C12H21N5. The molecule has 0 radical (unpaired) electrons. The zero-order valence-electron chi connectivity index (χ0n) is 10.7. The molecule has 1 aromatic rings. The Labute approximate surface area is 103 Å². The molecule has 1 aliphatic rings. The summed E-state index contributed by atoms with van der Waals surface area (Å²) in [6.45, 7) is 4.44. The Morgan fingerprint density at radius 1 is 1.47 bits per heavy atom. The summed E-state index contributed by atoms with van der Waals surface area (Å²) in [5.41, 5.74) is 3.77. The second-order valence-electron chi connectivity index (χ2n) is 4.96. The number of rotatable bonds is 3. The summed E-state index contributed by atoms with van der Waals surface area (Å²) in [6.07, 6.45) is 1.79. The Hall–Kier alpha value is -1.33. The molecule has 17 heavy (non-hydrogen) atoms. The molecule has 0 aliphatic carbocycles. The summed E-state index contributed by atoms with van der Waals surface area (Å²) in [4.78, 5) is 8.82. The monoisotopic (exact) mass is 235 g/mol. The molecule has 94 valence electrons. The fourth-order valence-corrected chi connectivity index (χ4v) is 2.53. The summed E-state index contributed by atoms with van der Waals surface area (Å²) < 4.78 is 0. The van der Waals surface area contributed by atoms with E-state index in [1.807, 2.05) is 12.1 Å². The van der Waals surface area contributed by atoms with Gasteiger partial charge in [0, 0.05) is 37.1 Å². The fourth-order valence-electron chi connectivity index (χ4n) is 2.53. The summed E-state index contributed by atoms with van der Waals surface area (Å²) in [7, 11) is 4.29. The van der Waals surface area contributed by atoms with E-state index in [9.17, 15) is 0 Å². The molecule has 5 heteroatoms. The first-order valence-corrected chi connectivity index (χ1v) is 5.96. The quantitative estimate of drug-likeness (QED) is 0.598. The van der Waals surface area contributed by atoms with Gasteiger partial charge in [-0.25, -0.2) is 10.8 Å². The van der Waals surface area contributed by atoms with Gasteiger partial charge in [-0.05, 0) is 26.1 Å². The maximum Gasteiger partial charge on any atom is 0.141 e. The van der Waals surface area contributed by atoms with E-state index < -0.39 is 0 Å². The van der Waals surface area contributed by atoms with Crippen LogP contribution in [0.4, 0.5) is 11.5 Å². The van der Waals surface area contributed by atoms with Crippen LogP contribution < -0.4 is 16.2 Å². The minimum absolute atomic E-state index is 0.609. The number of nitrogens with one attached hydrogen (secondary N) is 1. The van der Waals surface area contributed by atoms with E-state index in [0.717, 1.165) is 13.1 Å². The van der Waals surface area contributed by atoms with E-state index >= 15 is 0 Å². The normalized spacial score (nSPS) is 24.4. The van der Waals surface area contributed by atoms with Gasteiger partial charge < -0.3 is 15.2 Å². The second-order valence-corrected chi connectivity index (χ2v) is 4.96. The molecule has 1 aliphatic heterocycles. The Kier molecular flexibility index (Phi) is 3.49. The van der Waals surface area contributed by atoms with Crippen LogP contribution in [0.2, 0.25) is 0 Å². The second kappa shape index (κ2) is 4.89. The van der Waals surface area contributed by atoms with Crippen molar-refractivity contribution in [2.45, 2.75) is 13.0 Å². The molecule has 0 bridgehead atoms. The van der Waals surface area contributed by atoms with Crippen LogP contribution >= 0.6 is 0 Å². The molecule has 0 aromatic carbocycles. The number of hydrazine groups is 1. The minimum Gasteiger partial charge on any atom is -0.369 e. The number of nitrogens with zero attached hydrogens (tertiary/aromatic N) is 3. The van der Waals surface area contributed by atoms with Crippen molar-refractivity contribution in [1.29, 1.82) is 0 Å². The van der Waals surface area contributed by atoms with Gasteiger partial charge in [-0.2, -0.15) is 0 Å². The lowest BCUT2D eigenvalue weighted by Crippen LogP contribution is -2.34. The van der Waals surface area contributed by atoms with E-state index in [0.29, 0.717) is 17.8 Å². The van der Waals surface area contributed by atoms with E-state index in [4.69, 9.17) is 5.84 Å². The van der Waals surface area contributed by atoms with Gasteiger partial charge in [0.25, 0.3) is 0 Å². The number of hydrogen-bond acceptors (Lipinski definition) is 5. The predicted octanol–water partition coefficient (Wildman–Crippen LogP) is 0.753. The first-order chi connectivity index (χ1) is 8.11. The van der Waals surface area contributed by atoms with Crippen molar-refractivity contribution in [2.75, 3.05) is 37.5 Å². The van der Waals surface area contributed by atoms with E-state index in [-0.39, 0.29) is 0 Å². The molecular weight excluding hydrogens is 214 g/mol. The van der Waals surface area contributed by atoms with Crippen LogP contribution in [0.1, 0.15) is 6.92 Å². The average Bonchev–Trinajstić information content (AvgIpc) is 2.71. The highest BCUT2D eigenvalue weighted by Crippen LogP contribution is 2.26. The van der Waals surface area contributed by atoms with Gasteiger partial charge in [0.15, 0.2) is 0 Å². The summed E-state index contributed by atoms with van der Waals surface area (Å²) in [6, 6.07) is 4.63. The van der Waals surface area contributed by atoms with E-state index in [1.165, 1.54) is 5.69 Å². The molecule has 0 spiro atoms. The lowest BCUT2D eigenvalue weighted by Gasteiger charge is -2.23. The third-order valence-corrected chi connectivity index (χ3v) is 3.49. The van der Waals surface area contributed by atoms with Crippen LogP contribution in [0, 0.1) is 5.92 Å². The molecule has 2 unspecified atom stereocenters. The first-order valence-electron chi connectivity index (χ1n) is 5.96. The Morgan fingerprint density at radius 2 is 2.24 bits per heavy atom. The molecule has 2 rings (SSSR count). The van der Waals surface area contributed by atoms with Crippen LogP contribution in [-0.4, -0.2) is 43.1 Å². The Morgan fingerprint density at radius 3 is 2.82 bits per heavy atom. The number of likely N-dealkylation sites (N-methyl/N-ethyl adjacent to an activating group) is 1. The molecule has 5 nitrogen and oxygen atoms in total. The molecule has 1 saturated heterocycles. The largest absolute Gasteiger partial charge is 0.369 e. The zero-order chi connectivity index (χ0) is 12.4. The highest BCUT2D eigenvalue weighted by atomic mass is 15.3. The topological polar surface area (TPSA) is 57.4 Å². The lowest BCUT2D eigenvalue weighted by molar-refractivity contribution is 0.266. The summed E-state index contributed by atoms with van der Waals surface area (Å²) in [5, 5.41) is 0. The first kappa shape index (κ1) is 12.1. The zero-order valence-corrected chi connectivity index (χ0v) is 10.7. The van der Waals surface area contributed by atoms with Gasteiger partial charge in [0.05, 0.1) is 0 Å². The maximum atomic E-state index is 5.38. The Balaban J connectivity index is 2.13. The smallest absolute Gasteiger partial charge is 0.141 e. The van der Waals surface area contributed by atoms with Crippen molar-refractivity contribution in [3.63, 3.8) is 0 Å². The molecule has 2 heterocycles. The van der Waals surface area contributed by atoms with Crippen molar-refractivity contribution in [3.8, 4) is 0 Å². The predicted molar refractivity (Wildman–Crippen MR) is 70.9 cm³/mol. The third-order valence-electron chi connectivity index (χ3n) is 3.49. The van der Waals surface area contributed by atoms with Crippen molar-refractivity contribution in [1.82, 2.24) is 9.88 Å². The molecule has 1 aromatic heterocycles. The van der Waals surface area contributed by atoms with Crippen molar-refractivity contribution in [3.05, 3.63) is 18.3 Å². The van der Waals surface area contributed by atoms with Crippen LogP contribution in [0.25, 0.3) is 0 Å². The number of nitrogen functional groups attached to an aromatic ring is 1. The van der Waals surface area contributed by atoms with Gasteiger partial charge in [0.2, 0.25) is 0 Å². The van der Waals surface area contributed by atoms with E-state index in [2.05, 4.69) is 41.2 Å². The average molecular weight is 235 g/mol. The standard InChI is InChI=1S/C12H21N5/c1-9-7-17(8-11(9)16(2)3)10-4-5-14-12(6-10)15-13/h4-6,9,11H,7-8,13H2,1-3H3,(H,14,15). The van der Waals surface area contributed by atoms with Gasteiger partial charge in [-0.3, -0.25) is 0 Å². The number of nitrogens with two attached hydrogens (primary N) is 1. The fraction of sp³-hybridized carbons (Fsp3) is 0.583. The van der Waals surface area contributed by atoms with Crippen LogP contribution in [0.15, 0.2) is 18.3 Å². The van der Waals surface area contributed by atoms with Gasteiger partial charge in [-0.15, -0.1) is 0 Å². The molecule has 3 N–H and O–H groups in total. The third kappa shape index (κ3) is 2.50. The van der Waals surface area contributed by atoms with Crippen LogP contribution in [0.5, 0.6) is 0 Å². The summed E-state index contributed by atoms with van der Waals surface area (Å²) in [5.74, 6) is 6.77. The highest BCUT2D eigenvalue weighted by Gasteiger charge is 2.31. The molecule has 1 fully saturated rings.